The summed E-state index contributed by atoms with van der Waals surface area (Å²) in [5.41, 5.74) is 6.86. The Kier molecular flexibility index (Phi) is 6.13. The zero-order valence-corrected chi connectivity index (χ0v) is 21.4. The molecule has 2 aromatic carbocycles. The van der Waals surface area contributed by atoms with Crippen LogP contribution in [0.1, 0.15) is 46.3 Å². The Labute approximate surface area is 215 Å². The van der Waals surface area contributed by atoms with Crippen LogP contribution in [0.25, 0.3) is 10.9 Å². The van der Waals surface area contributed by atoms with Crippen molar-refractivity contribution in [1.82, 2.24) is 15.2 Å². The van der Waals surface area contributed by atoms with Crippen LogP contribution >= 0.6 is 11.6 Å². The van der Waals surface area contributed by atoms with E-state index >= 15 is 0 Å². The second kappa shape index (κ2) is 9.45. The zero-order chi connectivity index (χ0) is 24.8. The number of anilines is 2. The first-order valence-electron chi connectivity index (χ1n) is 13.0. The van der Waals surface area contributed by atoms with Gasteiger partial charge in [0.1, 0.15) is 0 Å². The largest absolute Gasteiger partial charge is 0.384 e. The van der Waals surface area contributed by atoms with Gasteiger partial charge in [0.2, 0.25) is 0 Å². The number of piperazine rings is 1. The Bertz CT molecular complexity index is 1390. The van der Waals surface area contributed by atoms with E-state index in [9.17, 15) is 9.59 Å². The molecular weight excluding hydrogens is 474 g/mol. The van der Waals surface area contributed by atoms with E-state index < -0.39 is 0 Å². The SMILES string of the molecule is Cc1cc(CN2CCN(c3ccc(C(=O)NC4CC4)cc3Cl)CC2)cc2[nH]c(=O)c3c(c12)NCCC3. The maximum atomic E-state index is 12.7. The molecule has 1 saturated carbocycles. The Morgan fingerprint density at radius 2 is 1.94 bits per heavy atom. The molecule has 1 amide bonds. The van der Waals surface area contributed by atoms with Crippen molar-refractivity contribution in [1.29, 1.82) is 0 Å². The molecule has 7 nitrogen and oxygen atoms in total. The number of pyridine rings is 1. The summed E-state index contributed by atoms with van der Waals surface area (Å²) >= 11 is 6.59. The summed E-state index contributed by atoms with van der Waals surface area (Å²) in [6, 6.07) is 10.3. The number of H-pyrrole nitrogens is 1. The molecule has 2 fully saturated rings. The highest BCUT2D eigenvalue weighted by atomic mass is 35.5. The Balaban J connectivity index is 1.13. The number of nitrogens with one attached hydrogen (secondary N) is 3. The molecule has 0 unspecified atom stereocenters. The molecule has 8 heteroatoms. The minimum absolute atomic E-state index is 0.0304. The van der Waals surface area contributed by atoms with Crippen molar-refractivity contribution in [2.45, 2.75) is 45.2 Å². The van der Waals surface area contributed by atoms with Crippen LogP contribution in [0.2, 0.25) is 5.02 Å². The van der Waals surface area contributed by atoms with Crippen LogP contribution in [0.3, 0.4) is 0 Å². The molecule has 0 radical (unpaired) electrons. The van der Waals surface area contributed by atoms with Gasteiger partial charge in [0.15, 0.2) is 0 Å². The molecule has 1 aromatic heterocycles. The first-order chi connectivity index (χ1) is 17.5. The number of carbonyl (C=O) groups is 1. The molecule has 6 rings (SSSR count). The van der Waals surface area contributed by atoms with Gasteiger partial charge in [-0.05, 0) is 68.0 Å². The van der Waals surface area contributed by atoms with Crippen LogP contribution in [0.4, 0.5) is 11.4 Å². The molecule has 1 saturated heterocycles. The van der Waals surface area contributed by atoms with E-state index in [1.807, 2.05) is 12.1 Å². The number of amides is 1. The fraction of sp³-hybridized carbons (Fsp3) is 0.429. The third-order valence-corrected chi connectivity index (χ3v) is 7.92. The number of carbonyl (C=O) groups excluding carboxylic acids is 1. The number of aryl methyl sites for hydroxylation is 1. The molecule has 3 heterocycles. The molecule has 0 spiro atoms. The molecule has 3 aromatic rings. The van der Waals surface area contributed by atoms with Gasteiger partial charge in [-0.1, -0.05) is 17.7 Å². The minimum Gasteiger partial charge on any atom is -0.384 e. The first kappa shape index (κ1) is 23.4. The monoisotopic (exact) mass is 505 g/mol. The van der Waals surface area contributed by atoms with Crippen molar-refractivity contribution in [2.75, 3.05) is 42.9 Å². The minimum atomic E-state index is -0.0425. The standard InChI is InChI=1S/C28H32ClN5O2/c1-17-13-18(14-23-25(17)26-21(28(36)32-23)3-2-8-30-26)16-33-9-11-34(12-10-33)24-7-4-19(15-22(24)29)27(35)31-20-5-6-20/h4,7,13-15,20,30H,2-3,5-6,8-12,16H2,1H3,(H,31,35)(H,32,36). The molecule has 2 aliphatic heterocycles. The van der Waals surface area contributed by atoms with Crippen LogP contribution in [0.5, 0.6) is 0 Å². The smallest absolute Gasteiger partial charge is 0.253 e. The average Bonchev–Trinajstić information content (AvgIpc) is 3.68. The summed E-state index contributed by atoms with van der Waals surface area (Å²) in [7, 11) is 0. The fourth-order valence-corrected chi connectivity index (χ4v) is 5.86. The van der Waals surface area contributed by atoms with Gasteiger partial charge in [0.05, 0.1) is 21.9 Å². The third-order valence-electron chi connectivity index (χ3n) is 7.62. The second-order valence-corrected chi connectivity index (χ2v) is 10.8. The van der Waals surface area contributed by atoms with E-state index in [1.165, 1.54) is 11.1 Å². The maximum absolute atomic E-state index is 12.7. The number of rotatable bonds is 5. The van der Waals surface area contributed by atoms with Crippen LogP contribution in [0, 0.1) is 6.92 Å². The topological polar surface area (TPSA) is 80.5 Å². The quantitative estimate of drug-likeness (QED) is 0.487. The van der Waals surface area contributed by atoms with Crippen LogP contribution < -0.4 is 21.1 Å². The molecule has 3 aliphatic rings. The Morgan fingerprint density at radius 1 is 1.14 bits per heavy atom. The van der Waals surface area contributed by atoms with Crippen LogP contribution in [-0.4, -0.2) is 54.6 Å². The van der Waals surface area contributed by atoms with E-state index in [2.05, 4.69) is 44.5 Å². The van der Waals surface area contributed by atoms with E-state index in [-0.39, 0.29) is 11.5 Å². The van der Waals surface area contributed by atoms with E-state index in [0.717, 1.165) is 92.8 Å². The Hall–Kier alpha value is -3.03. The lowest BCUT2D eigenvalue weighted by atomic mass is 9.97. The van der Waals surface area contributed by atoms with Crippen molar-refractivity contribution in [3.05, 3.63) is 68.0 Å². The summed E-state index contributed by atoms with van der Waals surface area (Å²) in [4.78, 5) is 32.9. The summed E-state index contributed by atoms with van der Waals surface area (Å²) in [5.74, 6) is -0.0425. The number of halogens is 1. The number of aromatic nitrogens is 1. The van der Waals surface area contributed by atoms with Gasteiger partial charge in [-0.15, -0.1) is 0 Å². The second-order valence-electron chi connectivity index (χ2n) is 10.4. The van der Waals surface area contributed by atoms with Gasteiger partial charge < -0.3 is 20.5 Å². The number of benzene rings is 2. The number of fused-ring (bicyclic) bond motifs is 3. The van der Waals surface area contributed by atoms with Crippen molar-refractivity contribution >= 4 is 39.8 Å². The lowest BCUT2D eigenvalue weighted by Gasteiger charge is -2.36. The first-order valence-corrected chi connectivity index (χ1v) is 13.3. The highest BCUT2D eigenvalue weighted by molar-refractivity contribution is 6.33. The highest BCUT2D eigenvalue weighted by Crippen LogP contribution is 2.32. The van der Waals surface area contributed by atoms with Gasteiger partial charge >= 0.3 is 0 Å². The van der Waals surface area contributed by atoms with Crippen molar-refractivity contribution < 1.29 is 4.79 Å². The summed E-state index contributed by atoms with van der Waals surface area (Å²) in [6.45, 7) is 7.46. The van der Waals surface area contributed by atoms with Crippen molar-refractivity contribution in [2.24, 2.45) is 0 Å². The van der Waals surface area contributed by atoms with Crippen molar-refractivity contribution in [3.63, 3.8) is 0 Å². The number of hydrogen-bond donors (Lipinski definition) is 3. The van der Waals surface area contributed by atoms with E-state index in [0.29, 0.717) is 16.6 Å². The maximum Gasteiger partial charge on any atom is 0.253 e. The molecule has 3 N–H and O–H groups in total. The highest BCUT2D eigenvalue weighted by Gasteiger charge is 2.25. The van der Waals surface area contributed by atoms with Crippen molar-refractivity contribution in [3.8, 4) is 0 Å². The molecule has 188 valence electrons. The summed E-state index contributed by atoms with van der Waals surface area (Å²) < 4.78 is 0. The zero-order valence-electron chi connectivity index (χ0n) is 20.6. The predicted molar refractivity (Wildman–Crippen MR) is 146 cm³/mol. The van der Waals surface area contributed by atoms with E-state index in [4.69, 9.17) is 11.6 Å². The third kappa shape index (κ3) is 4.58. The predicted octanol–water partition coefficient (Wildman–Crippen LogP) is 4.06. The normalized spacial score (nSPS) is 18.1. The number of nitrogens with zero attached hydrogens (tertiary/aromatic N) is 2. The van der Waals surface area contributed by atoms with E-state index in [1.54, 1.807) is 6.07 Å². The van der Waals surface area contributed by atoms with Crippen LogP contribution in [0.15, 0.2) is 35.1 Å². The van der Waals surface area contributed by atoms with Gasteiger partial charge in [-0.25, -0.2) is 0 Å². The number of hydrogen-bond acceptors (Lipinski definition) is 5. The van der Waals surface area contributed by atoms with Crippen LogP contribution in [-0.2, 0) is 13.0 Å². The van der Waals surface area contributed by atoms with Gasteiger partial charge in [0, 0.05) is 61.8 Å². The summed E-state index contributed by atoms with van der Waals surface area (Å²) in [5, 5.41) is 8.25. The Morgan fingerprint density at radius 3 is 2.69 bits per heavy atom. The lowest BCUT2D eigenvalue weighted by Crippen LogP contribution is -2.46. The lowest BCUT2D eigenvalue weighted by molar-refractivity contribution is 0.0951. The molecular formula is C28H32ClN5O2. The molecule has 1 aliphatic carbocycles. The van der Waals surface area contributed by atoms with Gasteiger partial charge in [-0.3, -0.25) is 14.5 Å². The van der Waals surface area contributed by atoms with Gasteiger partial charge in [-0.2, -0.15) is 0 Å². The molecule has 36 heavy (non-hydrogen) atoms. The summed E-state index contributed by atoms with van der Waals surface area (Å²) in [6.07, 6.45) is 3.96. The molecule has 0 bridgehead atoms. The number of aromatic amines is 1. The molecule has 0 atom stereocenters. The average molecular weight is 506 g/mol. The van der Waals surface area contributed by atoms with Gasteiger partial charge in [0.25, 0.3) is 11.5 Å². The fourth-order valence-electron chi connectivity index (χ4n) is 5.56.